The molecule has 0 bridgehead atoms. The Morgan fingerprint density at radius 3 is 2.40 bits per heavy atom. The van der Waals surface area contributed by atoms with Crippen molar-refractivity contribution in [3.63, 3.8) is 0 Å². The maximum absolute atomic E-state index is 12.8. The van der Waals surface area contributed by atoms with E-state index in [9.17, 15) is 13.6 Å². The third-order valence-electron chi connectivity index (χ3n) is 1.77. The van der Waals surface area contributed by atoms with Crippen molar-refractivity contribution in [3.05, 3.63) is 29.8 Å². The summed E-state index contributed by atoms with van der Waals surface area (Å²) in [6.45, 7) is 1.82. The lowest BCUT2D eigenvalue weighted by Gasteiger charge is -2.08. The van der Waals surface area contributed by atoms with Gasteiger partial charge in [0.25, 0.3) is 0 Å². The van der Waals surface area contributed by atoms with Crippen molar-refractivity contribution in [2.75, 3.05) is 5.32 Å². The van der Waals surface area contributed by atoms with Crippen LogP contribution in [0.3, 0.4) is 0 Å². The smallest absolute Gasteiger partial charge is 0.238 e. The molecule has 1 amide bonds. The number of hydrogen-bond acceptors (Lipinski definition) is 1. The number of rotatable bonds is 3. The van der Waals surface area contributed by atoms with Crippen molar-refractivity contribution in [3.8, 4) is 0 Å². The lowest BCUT2D eigenvalue weighted by molar-refractivity contribution is -0.115. The van der Waals surface area contributed by atoms with Gasteiger partial charge >= 0.3 is 0 Å². The second-order valence-corrected chi connectivity index (χ2v) is 4.13. The molecule has 0 heterocycles. The highest BCUT2D eigenvalue weighted by Gasteiger charge is 2.12. The fourth-order valence-electron chi connectivity index (χ4n) is 1.03. The molecule has 82 valence electrons. The van der Waals surface area contributed by atoms with Crippen LogP contribution in [0.25, 0.3) is 0 Å². The zero-order chi connectivity index (χ0) is 11.4. The lowest BCUT2D eigenvalue weighted by atomic mass is 10.2. The van der Waals surface area contributed by atoms with Crippen molar-refractivity contribution in [1.82, 2.24) is 0 Å². The van der Waals surface area contributed by atoms with Gasteiger partial charge in [0.1, 0.15) is 11.6 Å². The number of carbonyl (C=O) groups is 1. The normalized spacial score (nSPS) is 12.3. The van der Waals surface area contributed by atoms with Gasteiger partial charge in [0, 0.05) is 11.8 Å². The van der Waals surface area contributed by atoms with Crippen LogP contribution in [0.15, 0.2) is 18.2 Å². The number of nitrogens with one attached hydrogen (secondary N) is 1. The van der Waals surface area contributed by atoms with Crippen LogP contribution in [0.2, 0.25) is 0 Å². The second-order valence-electron chi connectivity index (χ2n) is 3.02. The number of anilines is 1. The van der Waals surface area contributed by atoms with Crippen LogP contribution in [0.4, 0.5) is 14.5 Å². The van der Waals surface area contributed by atoms with Crippen molar-refractivity contribution in [1.29, 1.82) is 0 Å². The lowest BCUT2D eigenvalue weighted by Crippen LogP contribution is -2.22. The molecular weight excluding hydrogens is 268 g/mol. The molecule has 2 nitrogen and oxygen atoms in total. The fourth-order valence-corrected chi connectivity index (χ4v) is 1.15. The van der Waals surface area contributed by atoms with E-state index in [1.54, 1.807) is 0 Å². The number of carbonyl (C=O) groups excluding carboxylic acids is 1. The standard InChI is InChI=1S/C10H10BrF2NO/c1-2-9(11)10(15)14-8-4-6(12)3-7(13)5-8/h3-5,9H,2H2,1H3,(H,14,15). The third kappa shape index (κ3) is 3.58. The van der Waals surface area contributed by atoms with Gasteiger partial charge in [-0.1, -0.05) is 22.9 Å². The van der Waals surface area contributed by atoms with Crippen LogP contribution < -0.4 is 5.32 Å². The molecule has 0 saturated carbocycles. The molecule has 1 rings (SSSR count). The minimum Gasteiger partial charge on any atom is -0.325 e. The molecule has 0 aromatic heterocycles. The molecular formula is C10H10BrF2NO. The van der Waals surface area contributed by atoms with Gasteiger partial charge in [-0.15, -0.1) is 0 Å². The van der Waals surface area contributed by atoms with E-state index in [1.165, 1.54) is 0 Å². The number of halogens is 3. The van der Waals surface area contributed by atoms with E-state index in [0.29, 0.717) is 6.42 Å². The zero-order valence-corrected chi connectivity index (χ0v) is 9.64. The first-order valence-corrected chi connectivity index (χ1v) is 5.35. The largest absolute Gasteiger partial charge is 0.325 e. The topological polar surface area (TPSA) is 29.1 Å². The summed E-state index contributed by atoms with van der Waals surface area (Å²) in [6.07, 6.45) is 0.601. The summed E-state index contributed by atoms with van der Waals surface area (Å²) >= 11 is 3.14. The Morgan fingerprint density at radius 2 is 1.93 bits per heavy atom. The summed E-state index contributed by atoms with van der Waals surface area (Å²) in [5.41, 5.74) is 0.121. The average Bonchev–Trinajstić information content (AvgIpc) is 2.14. The fraction of sp³-hybridized carbons (Fsp3) is 0.300. The highest BCUT2D eigenvalue weighted by Crippen LogP contribution is 2.15. The summed E-state index contributed by atoms with van der Waals surface area (Å²) in [5.74, 6) is -1.75. The summed E-state index contributed by atoms with van der Waals surface area (Å²) in [5, 5.41) is 2.41. The van der Waals surface area contributed by atoms with Gasteiger partial charge in [0.15, 0.2) is 0 Å². The highest BCUT2D eigenvalue weighted by molar-refractivity contribution is 9.10. The Kier molecular flexibility index (Phi) is 4.20. The monoisotopic (exact) mass is 277 g/mol. The minimum absolute atomic E-state index is 0.121. The van der Waals surface area contributed by atoms with E-state index in [2.05, 4.69) is 21.2 Å². The van der Waals surface area contributed by atoms with E-state index in [4.69, 9.17) is 0 Å². The molecule has 1 atom stereocenters. The maximum atomic E-state index is 12.8. The molecule has 0 aliphatic heterocycles. The van der Waals surface area contributed by atoms with Crippen LogP contribution >= 0.6 is 15.9 Å². The van der Waals surface area contributed by atoms with E-state index in [-0.39, 0.29) is 16.4 Å². The molecule has 0 aliphatic carbocycles. The summed E-state index contributed by atoms with van der Waals surface area (Å²) in [6, 6.07) is 2.88. The Bertz CT molecular complexity index is 350. The number of hydrogen-bond donors (Lipinski definition) is 1. The SMILES string of the molecule is CCC(Br)C(=O)Nc1cc(F)cc(F)c1. The average molecular weight is 278 g/mol. The maximum Gasteiger partial charge on any atom is 0.238 e. The van der Waals surface area contributed by atoms with Gasteiger partial charge in [-0.2, -0.15) is 0 Å². The Labute approximate surface area is 94.8 Å². The first kappa shape index (κ1) is 12.1. The molecule has 0 radical (unpaired) electrons. The number of benzene rings is 1. The Hall–Kier alpha value is -0.970. The molecule has 1 unspecified atom stereocenters. The molecule has 0 aliphatic rings. The van der Waals surface area contributed by atoms with Crippen LogP contribution in [0, 0.1) is 11.6 Å². The predicted octanol–water partition coefficient (Wildman–Crippen LogP) is 3.08. The summed E-state index contributed by atoms with van der Waals surface area (Å²) < 4.78 is 25.5. The van der Waals surface area contributed by atoms with Crippen molar-refractivity contribution in [2.45, 2.75) is 18.2 Å². The molecule has 15 heavy (non-hydrogen) atoms. The molecule has 1 aromatic carbocycles. The van der Waals surface area contributed by atoms with E-state index in [0.717, 1.165) is 18.2 Å². The number of alkyl halides is 1. The third-order valence-corrected chi connectivity index (χ3v) is 2.84. The van der Waals surface area contributed by atoms with Crippen LogP contribution in [-0.2, 0) is 4.79 Å². The van der Waals surface area contributed by atoms with Crippen LogP contribution in [-0.4, -0.2) is 10.7 Å². The molecule has 5 heteroatoms. The van der Waals surface area contributed by atoms with E-state index >= 15 is 0 Å². The first-order chi connectivity index (χ1) is 7.02. The van der Waals surface area contributed by atoms with Crippen LogP contribution in [0.1, 0.15) is 13.3 Å². The van der Waals surface area contributed by atoms with Gasteiger partial charge in [-0.3, -0.25) is 4.79 Å². The van der Waals surface area contributed by atoms with Crippen molar-refractivity contribution >= 4 is 27.5 Å². The molecule has 1 aromatic rings. The van der Waals surface area contributed by atoms with Gasteiger partial charge < -0.3 is 5.32 Å². The van der Waals surface area contributed by atoms with Gasteiger partial charge in [-0.05, 0) is 18.6 Å². The highest BCUT2D eigenvalue weighted by atomic mass is 79.9. The predicted molar refractivity (Wildman–Crippen MR) is 58.0 cm³/mol. The first-order valence-electron chi connectivity index (χ1n) is 4.44. The van der Waals surface area contributed by atoms with E-state index in [1.807, 2.05) is 6.92 Å². The van der Waals surface area contributed by atoms with Crippen LogP contribution in [0.5, 0.6) is 0 Å². The Balaban J connectivity index is 2.76. The number of amides is 1. The molecule has 1 N–H and O–H groups in total. The molecule has 0 fully saturated rings. The summed E-state index contributed by atoms with van der Waals surface area (Å²) in [7, 11) is 0. The Morgan fingerprint density at radius 1 is 1.40 bits per heavy atom. The molecule has 0 saturated heterocycles. The summed E-state index contributed by atoms with van der Waals surface area (Å²) in [4.78, 5) is 11.0. The van der Waals surface area contributed by atoms with E-state index < -0.39 is 11.6 Å². The quantitative estimate of drug-likeness (QED) is 0.846. The van der Waals surface area contributed by atoms with Gasteiger partial charge in [0.2, 0.25) is 5.91 Å². The van der Waals surface area contributed by atoms with Crippen molar-refractivity contribution < 1.29 is 13.6 Å². The second kappa shape index (κ2) is 5.21. The van der Waals surface area contributed by atoms with Gasteiger partial charge in [0.05, 0.1) is 4.83 Å². The van der Waals surface area contributed by atoms with Crippen molar-refractivity contribution in [2.24, 2.45) is 0 Å². The zero-order valence-electron chi connectivity index (χ0n) is 8.06. The minimum atomic E-state index is -0.715. The molecule has 0 spiro atoms. The van der Waals surface area contributed by atoms with Gasteiger partial charge in [-0.25, -0.2) is 8.78 Å².